The van der Waals surface area contributed by atoms with Gasteiger partial charge in [-0.3, -0.25) is 4.99 Å². The molecule has 3 nitrogen and oxygen atoms in total. The van der Waals surface area contributed by atoms with Gasteiger partial charge in [-0.15, -0.1) is 6.58 Å². The molecular formula is C13H23N3. The lowest BCUT2D eigenvalue weighted by Crippen LogP contribution is -2.45. The van der Waals surface area contributed by atoms with E-state index >= 15 is 0 Å². The van der Waals surface area contributed by atoms with Gasteiger partial charge in [0.15, 0.2) is 5.96 Å². The van der Waals surface area contributed by atoms with Gasteiger partial charge >= 0.3 is 0 Å². The molecule has 0 radical (unpaired) electrons. The van der Waals surface area contributed by atoms with Gasteiger partial charge in [0.1, 0.15) is 0 Å². The van der Waals surface area contributed by atoms with Gasteiger partial charge in [-0.25, -0.2) is 0 Å². The minimum absolute atomic E-state index is 0.528. The maximum Gasteiger partial charge on any atom is 0.191 e. The SMILES string of the molecule is C=CCN1C(N)=NCC1C1CCCC(C)C1. The molecule has 0 aromatic heterocycles. The minimum Gasteiger partial charge on any atom is -0.370 e. The number of hydrogen-bond acceptors (Lipinski definition) is 3. The fourth-order valence-corrected chi connectivity index (χ4v) is 3.15. The second-order valence-electron chi connectivity index (χ2n) is 5.24. The summed E-state index contributed by atoms with van der Waals surface area (Å²) in [6.45, 7) is 7.89. The number of guanidine groups is 1. The lowest BCUT2D eigenvalue weighted by Gasteiger charge is -2.36. The molecule has 3 heteroatoms. The van der Waals surface area contributed by atoms with Crippen molar-refractivity contribution in [2.24, 2.45) is 22.6 Å². The summed E-state index contributed by atoms with van der Waals surface area (Å²) < 4.78 is 0. The van der Waals surface area contributed by atoms with Crippen LogP contribution in [0.3, 0.4) is 0 Å². The van der Waals surface area contributed by atoms with Crippen molar-refractivity contribution in [3.8, 4) is 0 Å². The molecule has 0 aromatic rings. The zero-order valence-corrected chi connectivity index (χ0v) is 10.2. The van der Waals surface area contributed by atoms with E-state index in [0.29, 0.717) is 12.0 Å². The molecule has 2 aliphatic rings. The zero-order valence-electron chi connectivity index (χ0n) is 10.2. The number of nitrogens with two attached hydrogens (primary N) is 1. The number of rotatable bonds is 3. The minimum atomic E-state index is 0.528. The number of hydrogen-bond donors (Lipinski definition) is 1. The summed E-state index contributed by atoms with van der Waals surface area (Å²) in [7, 11) is 0. The van der Waals surface area contributed by atoms with Crippen molar-refractivity contribution in [2.75, 3.05) is 13.1 Å². The lowest BCUT2D eigenvalue weighted by molar-refractivity contribution is 0.181. The molecule has 1 heterocycles. The first-order valence-corrected chi connectivity index (χ1v) is 6.39. The van der Waals surface area contributed by atoms with Crippen LogP contribution in [0.25, 0.3) is 0 Å². The van der Waals surface area contributed by atoms with E-state index in [9.17, 15) is 0 Å². The maximum atomic E-state index is 5.92. The topological polar surface area (TPSA) is 41.6 Å². The molecule has 1 saturated carbocycles. The van der Waals surface area contributed by atoms with Crippen molar-refractivity contribution in [1.82, 2.24) is 4.90 Å². The molecule has 1 fully saturated rings. The Morgan fingerprint density at radius 2 is 2.38 bits per heavy atom. The van der Waals surface area contributed by atoms with Gasteiger partial charge in [0.05, 0.1) is 12.6 Å². The molecule has 0 amide bonds. The van der Waals surface area contributed by atoms with Gasteiger partial charge in [-0.1, -0.05) is 25.8 Å². The van der Waals surface area contributed by atoms with Crippen LogP contribution < -0.4 is 5.73 Å². The van der Waals surface area contributed by atoms with Gasteiger partial charge in [-0.2, -0.15) is 0 Å². The third-order valence-corrected chi connectivity index (χ3v) is 3.98. The van der Waals surface area contributed by atoms with E-state index < -0.39 is 0 Å². The standard InChI is InChI=1S/C13H23N3/c1-3-7-16-12(9-15-13(16)14)11-6-4-5-10(2)8-11/h3,10-12H,1,4-9H2,2H3,(H2,14,15). The fourth-order valence-electron chi connectivity index (χ4n) is 3.15. The smallest absolute Gasteiger partial charge is 0.191 e. The molecule has 2 rings (SSSR count). The molecule has 0 spiro atoms. The molecule has 90 valence electrons. The van der Waals surface area contributed by atoms with Crippen molar-refractivity contribution in [3.63, 3.8) is 0 Å². The quantitative estimate of drug-likeness (QED) is 0.741. The average Bonchev–Trinajstić information content (AvgIpc) is 2.61. The highest BCUT2D eigenvalue weighted by atomic mass is 15.3. The van der Waals surface area contributed by atoms with E-state index in [1.165, 1.54) is 25.7 Å². The van der Waals surface area contributed by atoms with E-state index in [1.807, 2.05) is 6.08 Å². The third kappa shape index (κ3) is 2.23. The summed E-state index contributed by atoms with van der Waals surface area (Å²) >= 11 is 0. The van der Waals surface area contributed by atoms with Crippen molar-refractivity contribution in [3.05, 3.63) is 12.7 Å². The fraction of sp³-hybridized carbons (Fsp3) is 0.769. The highest BCUT2D eigenvalue weighted by Gasteiger charge is 2.34. The van der Waals surface area contributed by atoms with E-state index in [1.54, 1.807) is 0 Å². The van der Waals surface area contributed by atoms with Gasteiger partial charge in [-0.05, 0) is 24.7 Å². The monoisotopic (exact) mass is 221 g/mol. The summed E-state index contributed by atoms with van der Waals surface area (Å²) in [6, 6.07) is 0.528. The Labute approximate surface area is 98.4 Å². The lowest BCUT2D eigenvalue weighted by atomic mass is 9.78. The molecule has 1 aliphatic heterocycles. The molecule has 0 saturated heterocycles. The first-order chi connectivity index (χ1) is 7.72. The Morgan fingerprint density at radius 3 is 3.06 bits per heavy atom. The molecule has 0 bridgehead atoms. The Morgan fingerprint density at radius 1 is 1.56 bits per heavy atom. The largest absolute Gasteiger partial charge is 0.370 e. The van der Waals surface area contributed by atoms with Crippen molar-refractivity contribution in [1.29, 1.82) is 0 Å². The summed E-state index contributed by atoms with van der Waals surface area (Å²) in [5.41, 5.74) is 5.92. The highest BCUT2D eigenvalue weighted by Crippen LogP contribution is 2.34. The molecule has 1 aliphatic carbocycles. The number of nitrogens with zero attached hydrogens (tertiary/aromatic N) is 2. The van der Waals surface area contributed by atoms with Crippen LogP contribution in [0, 0.1) is 11.8 Å². The second-order valence-corrected chi connectivity index (χ2v) is 5.24. The van der Waals surface area contributed by atoms with Crippen molar-refractivity contribution >= 4 is 5.96 Å². The van der Waals surface area contributed by atoms with Crippen molar-refractivity contribution < 1.29 is 0 Å². The van der Waals surface area contributed by atoms with Crippen LogP contribution >= 0.6 is 0 Å². The van der Waals surface area contributed by atoms with E-state index in [4.69, 9.17) is 5.73 Å². The molecule has 16 heavy (non-hydrogen) atoms. The predicted molar refractivity (Wildman–Crippen MR) is 68.3 cm³/mol. The van der Waals surface area contributed by atoms with E-state index in [-0.39, 0.29) is 0 Å². The van der Waals surface area contributed by atoms with Crippen LogP contribution in [0.1, 0.15) is 32.6 Å². The average molecular weight is 221 g/mol. The van der Waals surface area contributed by atoms with Gasteiger partial charge < -0.3 is 10.6 Å². The van der Waals surface area contributed by atoms with Crippen LogP contribution in [0.15, 0.2) is 17.6 Å². The summed E-state index contributed by atoms with van der Waals surface area (Å²) in [5, 5.41) is 0. The second kappa shape index (κ2) is 4.89. The molecule has 3 unspecified atom stereocenters. The summed E-state index contributed by atoms with van der Waals surface area (Å²) in [4.78, 5) is 6.62. The Kier molecular flexibility index (Phi) is 3.52. The Hall–Kier alpha value is -0.990. The van der Waals surface area contributed by atoms with E-state index in [2.05, 4.69) is 23.4 Å². The highest BCUT2D eigenvalue weighted by molar-refractivity contribution is 5.80. The van der Waals surface area contributed by atoms with Crippen LogP contribution in [0.4, 0.5) is 0 Å². The molecule has 2 N–H and O–H groups in total. The molecule has 0 aromatic carbocycles. The van der Waals surface area contributed by atoms with Crippen LogP contribution in [0.2, 0.25) is 0 Å². The van der Waals surface area contributed by atoms with Crippen LogP contribution in [-0.2, 0) is 0 Å². The number of aliphatic imine (C=N–C) groups is 1. The van der Waals surface area contributed by atoms with E-state index in [0.717, 1.165) is 24.9 Å². The molecule has 3 atom stereocenters. The predicted octanol–water partition coefficient (Wildman–Crippen LogP) is 2.00. The Balaban J connectivity index is 2.00. The van der Waals surface area contributed by atoms with Gasteiger partial charge in [0.25, 0.3) is 0 Å². The summed E-state index contributed by atoms with van der Waals surface area (Å²) in [6.07, 6.45) is 7.35. The van der Waals surface area contributed by atoms with Crippen LogP contribution in [-0.4, -0.2) is 30.0 Å². The van der Waals surface area contributed by atoms with Crippen molar-refractivity contribution in [2.45, 2.75) is 38.6 Å². The van der Waals surface area contributed by atoms with Crippen LogP contribution in [0.5, 0.6) is 0 Å². The first kappa shape index (κ1) is 11.5. The molecular weight excluding hydrogens is 198 g/mol. The Bertz CT molecular complexity index is 285. The van der Waals surface area contributed by atoms with Gasteiger partial charge in [0.2, 0.25) is 0 Å². The zero-order chi connectivity index (χ0) is 11.5. The first-order valence-electron chi connectivity index (χ1n) is 6.39. The summed E-state index contributed by atoms with van der Waals surface area (Å²) in [5.74, 6) is 2.35. The maximum absolute atomic E-state index is 5.92. The third-order valence-electron chi connectivity index (χ3n) is 3.98. The van der Waals surface area contributed by atoms with Gasteiger partial charge in [0, 0.05) is 6.54 Å². The normalized spacial score (nSPS) is 34.9.